The van der Waals surface area contributed by atoms with Crippen LogP contribution in [0.3, 0.4) is 0 Å². The second-order valence-corrected chi connectivity index (χ2v) is 9.01. The molecule has 0 atom stereocenters. The van der Waals surface area contributed by atoms with Crippen molar-refractivity contribution in [2.45, 2.75) is 24.9 Å². The third-order valence-corrected chi connectivity index (χ3v) is 6.45. The summed E-state index contributed by atoms with van der Waals surface area (Å²) in [5.41, 5.74) is 1.61. The molecule has 2 heterocycles. The molecule has 0 aliphatic carbocycles. The number of thiophene rings is 1. The average Bonchev–Trinajstić information content (AvgIpc) is 3.19. The number of hydrogen-bond donors (Lipinski definition) is 1. The highest BCUT2D eigenvalue weighted by Gasteiger charge is 2.15. The lowest BCUT2D eigenvalue weighted by Crippen LogP contribution is -2.14. The smallest absolute Gasteiger partial charge is 0.234 e. The van der Waals surface area contributed by atoms with Gasteiger partial charge in [0, 0.05) is 38.6 Å². The first-order valence-corrected chi connectivity index (χ1v) is 10.8. The molecular formula is C18H18Cl2N4OS2. The second kappa shape index (κ2) is 8.65. The molecule has 27 heavy (non-hydrogen) atoms. The summed E-state index contributed by atoms with van der Waals surface area (Å²) in [5.74, 6) is 1.31. The van der Waals surface area contributed by atoms with Crippen LogP contribution in [0.4, 0.5) is 5.69 Å². The molecule has 3 rings (SSSR count). The molecule has 9 heteroatoms. The van der Waals surface area contributed by atoms with Crippen molar-refractivity contribution in [3.63, 3.8) is 0 Å². The number of benzene rings is 1. The van der Waals surface area contributed by atoms with Crippen LogP contribution in [0.25, 0.3) is 11.4 Å². The van der Waals surface area contributed by atoms with E-state index in [4.69, 9.17) is 23.2 Å². The Morgan fingerprint density at radius 1 is 1.22 bits per heavy atom. The average molecular weight is 441 g/mol. The summed E-state index contributed by atoms with van der Waals surface area (Å²) in [7, 11) is 1.90. The molecule has 1 amide bonds. The molecule has 0 saturated heterocycles. The number of carbonyl (C=O) groups excluding carboxylic acids is 1. The van der Waals surface area contributed by atoms with Crippen LogP contribution in [-0.2, 0) is 11.8 Å². The minimum atomic E-state index is -0.166. The summed E-state index contributed by atoms with van der Waals surface area (Å²) < 4.78 is 1.90. The molecule has 0 aliphatic rings. The van der Waals surface area contributed by atoms with Gasteiger partial charge >= 0.3 is 0 Å². The van der Waals surface area contributed by atoms with Gasteiger partial charge in [0.25, 0.3) is 0 Å². The fourth-order valence-electron chi connectivity index (χ4n) is 2.42. The highest BCUT2D eigenvalue weighted by atomic mass is 35.5. The van der Waals surface area contributed by atoms with Crippen LogP contribution in [0, 0.1) is 0 Å². The lowest BCUT2D eigenvalue weighted by molar-refractivity contribution is -0.113. The lowest BCUT2D eigenvalue weighted by atomic mass is 10.1. The normalized spacial score (nSPS) is 11.2. The van der Waals surface area contributed by atoms with Crippen LogP contribution >= 0.6 is 46.3 Å². The maximum atomic E-state index is 12.2. The van der Waals surface area contributed by atoms with Crippen molar-refractivity contribution >= 4 is 57.9 Å². The van der Waals surface area contributed by atoms with Gasteiger partial charge in [0.15, 0.2) is 11.0 Å². The fraction of sp³-hybridized carbons (Fsp3) is 0.278. The number of nitrogens with zero attached hydrogens (tertiary/aromatic N) is 3. The summed E-state index contributed by atoms with van der Waals surface area (Å²) in [5, 5.41) is 15.0. The molecule has 3 aromatic rings. The number of amides is 1. The summed E-state index contributed by atoms with van der Waals surface area (Å²) in [6.07, 6.45) is 0. The first-order chi connectivity index (χ1) is 12.8. The maximum absolute atomic E-state index is 12.2. The number of aromatic nitrogens is 3. The van der Waals surface area contributed by atoms with E-state index in [1.807, 2.05) is 11.6 Å². The number of halogens is 2. The van der Waals surface area contributed by atoms with Gasteiger partial charge in [-0.3, -0.25) is 4.79 Å². The van der Waals surface area contributed by atoms with Crippen LogP contribution in [-0.4, -0.2) is 26.4 Å². The molecular weight excluding hydrogens is 423 g/mol. The Bertz CT molecular complexity index is 948. The second-order valence-electron chi connectivity index (χ2n) is 6.25. The van der Waals surface area contributed by atoms with E-state index >= 15 is 0 Å². The number of carbonyl (C=O) groups is 1. The van der Waals surface area contributed by atoms with E-state index in [1.54, 1.807) is 29.5 Å². The number of anilines is 1. The third-order valence-electron chi connectivity index (χ3n) is 3.76. The maximum Gasteiger partial charge on any atom is 0.234 e. The van der Waals surface area contributed by atoms with Gasteiger partial charge in [0.1, 0.15) is 0 Å². The number of nitrogens with one attached hydrogen (secondary N) is 1. The molecule has 0 radical (unpaired) electrons. The molecule has 0 saturated carbocycles. The van der Waals surface area contributed by atoms with Crippen molar-refractivity contribution in [3.05, 3.63) is 44.6 Å². The van der Waals surface area contributed by atoms with Crippen molar-refractivity contribution in [1.82, 2.24) is 14.8 Å². The van der Waals surface area contributed by atoms with E-state index in [9.17, 15) is 4.79 Å². The first-order valence-electron chi connectivity index (χ1n) is 8.20. The summed E-state index contributed by atoms with van der Waals surface area (Å²) in [6, 6.07) is 7.06. The Morgan fingerprint density at radius 2 is 1.93 bits per heavy atom. The largest absolute Gasteiger partial charge is 0.325 e. The molecule has 0 aliphatic heterocycles. The van der Waals surface area contributed by atoms with Gasteiger partial charge in [0.05, 0.1) is 5.75 Å². The standard InChI is InChI=1S/C18H18Cl2N4OS2/c1-10(2)15-4-11(8-26-15)17-22-23-18(24(17)3)27-9-16(25)21-14-6-12(19)5-13(20)7-14/h4-8,10H,9H2,1-3H3,(H,21,25). The van der Waals surface area contributed by atoms with Gasteiger partial charge in [-0.05, 0) is 30.2 Å². The lowest BCUT2D eigenvalue weighted by Gasteiger charge is -2.06. The first kappa shape index (κ1) is 20.2. The predicted molar refractivity (Wildman–Crippen MR) is 114 cm³/mol. The number of hydrogen-bond acceptors (Lipinski definition) is 5. The summed E-state index contributed by atoms with van der Waals surface area (Å²) in [4.78, 5) is 13.5. The van der Waals surface area contributed by atoms with E-state index in [0.29, 0.717) is 26.8 Å². The van der Waals surface area contributed by atoms with Crippen LogP contribution in [0.2, 0.25) is 10.0 Å². The number of thioether (sulfide) groups is 1. The van der Waals surface area contributed by atoms with E-state index in [2.05, 4.69) is 40.8 Å². The van der Waals surface area contributed by atoms with Crippen LogP contribution < -0.4 is 5.32 Å². The predicted octanol–water partition coefficient (Wildman–Crippen LogP) is 5.70. The Morgan fingerprint density at radius 3 is 2.56 bits per heavy atom. The third kappa shape index (κ3) is 5.04. The SMILES string of the molecule is CC(C)c1cc(-c2nnc(SCC(=O)Nc3cc(Cl)cc(Cl)c3)n2C)cs1. The zero-order valence-electron chi connectivity index (χ0n) is 15.0. The molecule has 2 aromatic heterocycles. The van der Waals surface area contributed by atoms with Gasteiger partial charge in [-0.15, -0.1) is 21.5 Å². The van der Waals surface area contributed by atoms with Crippen molar-refractivity contribution in [1.29, 1.82) is 0 Å². The van der Waals surface area contributed by atoms with Gasteiger partial charge < -0.3 is 9.88 Å². The number of rotatable bonds is 6. The van der Waals surface area contributed by atoms with Crippen molar-refractivity contribution in [2.24, 2.45) is 7.05 Å². The van der Waals surface area contributed by atoms with Crippen molar-refractivity contribution < 1.29 is 4.79 Å². The molecule has 0 fully saturated rings. The van der Waals surface area contributed by atoms with Gasteiger partial charge in [-0.2, -0.15) is 0 Å². The molecule has 0 bridgehead atoms. The zero-order valence-corrected chi connectivity index (χ0v) is 18.1. The Kier molecular flexibility index (Phi) is 6.47. The summed E-state index contributed by atoms with van der Waals surface area (Å²) in [6.45, 7) is 4.33. The van der Waals surface area contributed by atoms with Crippen molar-refractivity contribution in [2.75, 3.05) is 11.1 Å². The zero-order chi connectivity index (χ0) is 19.6. The van der Waals surface area contributed by atoms with Crippen LogP contribution in [0.5, 0.6) is 0 Å². The Labute approximate surface area is 176 Å². The van der Waals surface area contributed by atoms with Gasteiger partial charge in [0.2, 0.25) is 5.91 Å². The molecule has 1 N–H and O–H groups in total. The van der Waals surface area contributed by atoms with Crippen LogP contribution in [0.15, 0.2) is 34.8 Å². The quantitative estimate of drug-likeness (QED) is 0.498. The molecule has 5 nitrogen and oxygen atoms in total. The van der Waals surface area contributed by atoms with Crippen molar-refractivity contribution in [3.8, 4) is 11.4 Å². The van der Waals surface area contributed by atoms with Gasteiger partial charge in [-0.1, -0.05) is 48.8 Å². The highest BCUT2D eigenvalue weighted by Crippen LogP contribution is 2.30. The highest BCUT2D eigenvalue weighted by molar-refractivity contribution is 7.99. The minimum Gasteiger partial charge on any atom is -0.325 e. The Balaban J connectivity index is 1.64. The molecule has 142 valence electrons. The minimum absolute atomic E-state index is 0.166. The molecule has 0 spiro atoms. The topological polar surface area (TPSA) is 59.8 Å². The van der Waals surface area contributed by atoms with Gasteiger partial charge in [-0.25, -0.2) is 0 Å². The monoisotopic (exact) mass is 440 g/mol. The van der Waals surface area contributed by atoms with E-state index in [-0.39, 0.29) is 11.7 Å². The van der Waals surface area contributed by atoms with E-state index in [0.717, 1.165) is 11.4 Å². The van der Waals surface area contributed by atoms with E-state index < -0.39 is 0 Å². The van der Waals surface area contributed by atoms with E-state index in [1.165, 1.54) is 16.6 Å². The molecule has 1 aromatic carbocycles. The van der Waals surface area contributed by atoms with Crippen LogP contribution in [0.1, 0.15) is 24.6 Å². The fourth-order valence-corrected chi connectivity index (χ4v) is 4.56. The Hall–Kier alpha value is -1.54. The summed E-state index contributed by atoms with van der Waals surface area (Å²) >= 11 is 14.9. The molecule has 0 unspecified atom stereocenters.